The van der Waals surface area contributed by atoms with E-state index in [-0.39, 0.29) is 11.4 Å². The van der Waals surface area contributed by atoms with Crippen LogP contribution >= 0.6 is 11.6 Å². The largest absolute Gasteiger partial charge is 0.505 e. The second-order valence-electron chi connectivity index (χ2n) is 2.84. The van der Waals surface area contributed by atoms with Crippen LogP contribution < -0.4 is 5.73 Å². The molecule has 0 saturated heterocycles. The number of nitrogens with two attached hydrogens (primary N) is 1. The second-order valence-corrected chi connectivity index (χ2v) is 3.25. The topological polar surface area (TPSA) is 46.2 Å². The Hall–Kier alpha value is -1.41. The summed E-state index contributed by atoms with van der Waals surface area (Å²) in [5, 5.41) is 11.6. The van der Waals surface area contributed by atoms with E-state index >= 15 is 0 Å². The van der Waals surface area contributed by atoms with Crippen LogP contribution in [-0.4, -0.2) is 5.11 Å². The number of aromatic hydroxyl groups is 1. The lowest BCUT2D eigenvalue weighted by atomic mass is 10.1. The molecule has 2 aromatic rings. The Morgan fingerprint density at radius 1 is 1.23 bits per heavy atom. The maximum absolute atomic E-state index is 9.63. The molecule has 3 heteroatoms. The van der Waals surface area contributed by atoms with Crippen molar-refractivity contribution < 1.29 is 5.11 Å². The number of fused-ring (bicyclic) bond motifs is 1. The summed E-state index contributed by atoms with van der Waals surface area (Å²) in [7, 11) is 0. The summed E-state index contributed by atoms with van der Waals surface area (Å²) in [6, 6.07) is 9.15. The van der Waals surface area contributed by atoms with Crippen LogP contribution in [0.1, 0.15) is 0 Å². The zero-order valence-corrected chi connectivity index (χ0v) is 7.55. The van der Waals surface area contributed by atoms with Crippen molar-refractivity contribution in [3.8, 4) is 5.75 Å². The van der Waals surface area contributed by atoms with Gasteiger partial charge in [-0.1, -0.05) is 35.9 Å². The van der Waals surface area contributed by atoms with Crippen molar-refractivity contribution in [2.24, 2.45) is 0 Å². The predicted molar refractivity (Wildman–Crippen MR) is 55.0 cm³/mol. The van der Waals surface area contributed by atoms with Gasteiger partial charge in [0, 0.05) is 5.39 Å². The molecule has 0 aromatic heterocycles. The first-order chi connectivity index (χ1) is 6.20. The molecule has 2 aromatic carbocycles. The van der Waals surface area contributed by atoms with Crippen molar-refractivity contribution in [3.63, 3.8) is 0 Å². The molecule has 13 heavy (non-hydrogen) atoms. The molecule has 0 atom stereocenters. The molecular formula is C10H8ClNO. The zero-order chi connectivity index (χ0) is 9.42. The number of hydrogen-bond donors (Lipinski definition) is 2. The third-order valence-corrected chi connectivity index (χ3v) is 2.32. The number of phenols is 1. The summed E-state index contributed by atoms with van der Waals surface area (Å²) in [5.74, 6) is 0.0584. The quantitative estimate of drug-likeness (QED) is 0.499. The van der Waals surface area contributed by atoms with Gasteiger partial charge in [-0.15, -0.1) is 0 Å². The summed E-state index contributed by atoms with van der Waals surface area (Å²) < 4.78 is 0. The van der Waals surface area contributed by atoms with Gasteiger partial charge in [-0.3, -0.25) is 0 Å². The lowest BCUT2D eigenvalue weighted by Gasteiger charge is -2.05. The van der Waals surface area contributed by atoms with Crippen molar-refractivity contribution in [2.75, 3.05) is 5.73 Å². The van der Waals surface area contributed by atoms with E-state index in [4.69, 9.17) is 17.3 Å². The van der Waals surface area contributed by atoms with Crippen LogP contribution in [0.5, 0.6) is 5.75 Å². The van der Waals surface area contributed by atoms with Crippen LogP contribution in [-0.2, 0) is 0 Å². The number of benzene rings is 2. The minimum Gasteiger partial charge on any atom is -0.505 e. The Kier molecular flexibility index (Phi) is 1.78. The van der Waals surface area contributed by atoms with Gasteiger partial charge in [0.2, 0.25) is 0 Å². The highest BCUT2D eigenvalue weighted by Crippen LogP contribution is 2.36. The van der Waals surface area contributed by atoms with Gasteiger partial charge < -0.3 is 10.8 Å². The van der Waals surface area contributed by atoms with Gasteiger partial charge in [0.15, 0.2) is 0 Å². The van der Waals surface area contributed by atoms with E-state index in [1.165, 1.54) is 0 Å². The van der Waals surface area contributed by atoms with E-state index in [0.29, 0.717) is 5.02 Å². The number of hydrogen-bond acceptors (Lipinski definition) is 2. The van der Waals surface area contributed by atoms with Crippen LogP contribution in [0.2, 0.25) is 5.02 Å². The maximum atomic E-state index is 9.63. The van der Waals surface area contributed by atoms with E-state index in [0.717, 1.165) is 10.8 Å². The van der Waals surface area contributed by atoms with Gasteiger partial charge in [-0.05, 0) is 11.5 Å². The van der Waals surface area contributed by atoms with Crippen molar-refractivity contribution in [1.29, 1.82) is 0 Å². The summed E-state index contributed by atoms with van der Waals surface area (Å²) in [6.45, 7) is 0. The van der Waals surface area contributed by atoms with E-state index in [2.05, 4.69) is 0 Å². The van der Waals surface area contributed by atoms with E-state index < -0.39 is 0 Å². The first kappa shape index (κ1) is 8.20. The molecule has 2 rings (SSSR count). The van der Waals surface area contributed by atoms with Gasteiger partial charge in [-0.2, -0.15) is 0 Å². The fourth-order valence-corrected chi connectivity index (χ4v) is 1.52. The highest BCUT2D eigenvalue weighted by Gasteiger charge is 2.06. The number of nitrogen functional groups attached to an aromatic ring is 1. The minimum atomic E-state index is 0.0584. The average Bonchev–Trinajstić information content (AvgIpc) is 2.15. The molecule has 0 aliphatic carbocycles. The Morgan fingerprint density at radius 2 is 1.92 bits per heavy atom. The molecule has 0 unspecified atom stereocenters. The number of phenolic OH excluding ortho intramolecular Hbond substituents is 1. The fraction of sp³-hybridized carbons (Fsp3) is 0. The summed E-state index contributed by atoms with van der Waals surface area (Å²) in [5.41, 5.74) is 5.80. The van der Waals surface area contributed by atoms with Gasteiger partial charge >= 0.3 is 0 Å². The number of halogens is 1. The Labute approximate surface area is 80.6 Å². The molecular weight excluding hydrogens is 186 g/mol. The van der Waals surface area contributed by atoms with Crippen LogP contribution in [0.25, 0.3) is 10.8 Å². The molecule has 3 N–H and O–H groups in total. The van der Waals surface area contributed by atoms with Gasteiger partial charge in [0.05, 0.1) is 10.7 Å². The molecule has 2 nitrogen and oxygen atoms in total. The molecule has 0 saturated carbocycles. The Balaban J connectivity index is 2.94. The first-order valence-electron chi connectivity index (χ1n) is 3.86. The molecule has 0 amide bonds. The van der Waals surface area contributed by atoms with Crippen LogP contribution in [0.4, 0.5) is 5.69 Å². The molecule has 0 radical (unpaired) electrons. The van der Waals surface area contributed by atoms with Gasteiger partial charge in [0.25, 0.3) is 0 Å². The molecule has 66 valence electrons. The molecule has 0 aliphatic rings. The smallest absolute Gasteiger partial charge is 0.147 e. The van der Waals surface area contributed by atoms with Crippen molar-refractivity contribution >= 4 is 28.1 Å². The fourth-order valence-electron chi connectivity index (χ4n) is 1.31. The Morgan fingerprint density at radius 3 is 2.69 bits per heavy atom. The van der Waals surface area contributed by atoms with Crippen molar-refractivity contribution in [2.45, 2.75) is 0 Å². The molecule has 0 bridgehead atoms. The summed E-state index contributed by atoms with van der Waals surface area (Å²) >= 11 is 5.81. The van der Waals surface area contributed by atoms with E-state index in [1.807, 2.05) is 18.2 Å². The molecule has 0 fully saturated rings. The second kappa shape index (κ2) is 2.82. The average molecular weight is 194 g/mol. The normalized spacial score (nSPS) is 10.5. The lowest BCUT2D eigenvalue weighted by molar-refractivity contribution is 0.484. The maximum Gasteiger partial charge on any atom is 0.147 e. The standard InChI is InChI=1S/C10H8ClNO/c11-8-5-6-3-1-2-4-7(6)10(13)9(8)12/h1-5,13H,12H2. The molecule has 0 spiro atoms. The minimum absolute atomic E-state index is 0.0584. The summed E-state index contributed by atoms with van der Waals surface area (Å²) in [6.07, 6.45) is 0. The number of rotatable bonds is 0. The zero-order valence-electron chi connectivity index (χ0n) is 6.79. The summed E-state index contributed by atoms with van der Waals surface area (Å²) in [4.78, 5) is 0. The third-order valence-electron chi connectivity index (χ3n) is 2.01. The van der Waals surface area contributed by atoms with Gasteiger partial charge in [0.1, 0.15) is 5.75 Å². The third kappa shape index (κ3) is 1.19. The van der Waals surface area contributed by atoms with Crippen LogP contribution in [0.3, 0.4) is 0 Å². The first-order valence-corrected chi connectivity index (χ1v) is 4.23. The highest BCUT2D eigenvalue weighted by molar-refractivity contribution is 6.34. The van der Waals surface area contributed by atoms with Crippen molar-refractivity contribution in [3.05, 3.63) is 35.4 Å². The van der Waals surface area contributed by atoms with Crippen LogP contribution in [0.15, 0.2) is 30.3 Å². The van der Waals surface area contributed by atoms with Gasteiger partial charge in [-0.25, -0.2) is 0 Å². The van der Waals surface area contributed by atoms with E-state index in [1.54, 1.807) is 12.1 Å². The lowest BCUT2D eigenvalue weighted by Crippen LogP contribution is -1.87. The predicted octanol–water partition coefficient (Wildman–Crippen LogP) is 2.78. The van der Waals surface area contributed by atoms with E-state index in [9.17, 15) is 5.11 Å². The SMILES string of the molecule is Nc1c(Cl)cc2ccccc2c1O. The Bertz CT molecular complexity index is 468. The number of anilines is 1. The molecule has 0 aliphatic heterocycles. The monoisotopic (exact) mass is 193 g/mol. The van der Waals surface area contributed by atoms with Crippen molar-refractivity contribution in [1.82, 2.24) is 0 Å². The molecule has 0 heterocycles. The van der Waals surface area contributed by atoms with Crippen LogP contribution in [0, 0.1) is 0 Å². The highest BCUT2D eigenvalue weighted by atomic mass is 35.5.